The highest BCUT2D eigenvalue weighted by Gasteiger charge is 2.40. The minimum absolute atomic E-state index is 0.0151. The van der Waals surface area contributed by atoms with Crippen LogP contribution in [0, 0.1) is 0 Å². The predicted octanol–water partition coefficient (Wildman–Crippen LogP) is 0.991. The van der Waals surface area contributed by atoms with E-state index >= 15 is 0 Å². The molecule has 0 bridgehead atoms. The Kier molecular flexibility index (Phi) is 2.75. The van der Waals surface area contributed by atoms with Crippen LogP contribution in [0.3, 0.4) is 0 Å². The van der Waals surface area contributed by atoms with Crippen molar-refractivity contribution in [1.82, 2.24) is 0 Å². The largest absolute Gasteiger partial charge is 0.606 e. The van der Waals surface area contributed by atoms with Gasteiger partial charge in [0.2, 0.25) is 32.8 Å². The van der Waals surface area contributed by atoms with Gasteiger partial charge in [-0.05, 0) is 12.1 Å². The molecule has 21 heavy (non-hydrogen) atoms. The molecule has 2 aromatic rings. The second kappa shape index (κ2) is 4.27. The van der Waals surface area contributed by atoms with E-state index in [2.05, 4.69) is 0 Å². The first-order chi connectivity index (χ1) is 9.84. The average molecular weight is 310 g/mol. The normalized spacial score (nSPS) is 16.3. The fraction of sp³-hybridized carbons (Fsp3) is 0.0769. The molecule has 0 fully saturated rings. The highest BCUT2D eigenvalue weighted by molar-refractivity contribution is 7.91. The Morgan fingerprint density at radius 2 is 1.38 bits per heavy atom. The molecule has 8 heteroatoms. The van der Waals surface area contributed by atoms with Gasteiger partial charge < -0.3 is 35.2 Å². The van der Waals surface area contributed by atoms with Gasteiger partial charge in [0.1, 0.15) is 0 Å². The van der Waals surface area contributed by atoms with Crippen molar-refractivity contribution < 1.29 is 35.2 Å². The summed E-state index contributed by atoms with van der Waals surface area (Å²) in [6, 6.07) is 2.61. The number of rotatable bonds is 0. The molecule has 6 N–H and O–H groups in total. The van der Waals surface area contributed by atoms with Crippen molar-refractivity contribution in [3.8, 4) is 34.5 Å². The zero-order chi connectivity index (χ0) is 15.5. The summed E-state index contributed by atoms with van der Waals surface area (Å²) in [5.41, 5.74) is 0.342. The maximum atomic E-state index is 12.5. The van der Waals surface area contributed by atoms with Crippen LogP contribution in [0.5, 0.6) is 34.5 Å². The van der Waals surface area contributed by atoms with Gasteiger partial charge >= 0.3 is 0 Å². The molecule has 0 saturated carbocycles. The summed E-state index contributed by atoms with van der Waals surface area (Å²) in [5.74, 6) is -4.50. The lowest BCUT2D eigenvalue weighted by atomic mass is 10.0. The Hall–Kier alpha value is -2.45. The summed E-state index contributed by atoms with van der Waals surface area (Å²) in [4.78, 5) is -0.418. The fourth-order valence-electron chi connectivity index (χ4n) is 2.33. The van der Waals surface area contributed by atoms with Crippen LogP contribution >= 0.6 is 0 Å². The van der Waals surface area contributed by atoms with Crippen LogP contribution in [-0.2, 0) is 17.6 Å². The summed E-state index contributed by atoms with van der Waals surface area (Å²) in [7, 11) is 0. The van der Waals surface area contributed by atoms with Gasteiger partial charge in [0.15, 0.2) is 11.5 Å². The lowest BCUT2D eigenvalue weighted by molar-refractivity contribution is 0.335. The van der Waals surface area contributed by atoms with E-state index in [-0.39, 0.29) is 21.8 Å². The van der Waals surface area contributed by atoms with Crippen molar-refractivity contribution in [2.24, 2.45) is 0 Å². The molecular formula is C13H10O7S. The summed E-state index contributed by atoms with van der Waals surface area (Å²) in [6.07, 6.45) is -0.0442. The SMILES string of the molecule is [O-][S+]1c2c(ccc(O)c2O)Cc2c(O)c(O)c(O)c(O)c21. The van der Waals surface area contributed by atoms with E-state index in [9.17, 15) is 35.2 Å². The van der Waals surface area contributed by atoms with Gasteiger partial charge in [0.25, 0.3) is 0 Å². The molecule has 1 aliphatic heterocycles. The summed E-state index contributed by atoms with van der Waals surface area (Å²) in [5, 5.41) is 58.1. The Morgan fingerprint density at radius 1 is 0.762 bits per heavy atom. The number of benzene rings is 2. The van der Waals surface area contributed by atoms with Crippen LogP contribution in [0.4, 0.5) is 0 Å². The molecule has 0 aromatic heterocycles. The first-order valence-electron chi connectivity index (χ1n) is 5.78. The topological polar surface area (TPSA) is 144 Å². The highest BCUT2D eigenvalue weighted by atomic mass is 32.2. The van der Waals surface area contributed by atoms with Crippen molar-refractivity contribution in [3.63, 3.8) is 0 Å². The monoisotopic (exact) mass is 310 g/mol. The van der Waals surface area contributed by atoms with Crippen molar-refractivity contribution in [2.45, 2.75) is 16.2 Å². The van der Waals surface area contributed by atoms with Crippen molar-refractivity contribution in [1.29, 1.82) is 0 Å². The summed E-state index contributed by atoms with van der Waals surface area (Å²) < 4.78 is 12.5. The number of aromatic hydroxyl groups is 6. The zero-order valence-electron chi connectivity index (χ0n) is 10.4. The van der Waals surface area contributed by atoms with E-state index in [1.807, 2.05) is 0 Å². The maximum Gasteiger partial charge on any atom is 0.219 e. The molecule has 1 aliphatic rings. The van der Waals surface area contributed by atoms with E-state index in [1.54, 1.807) is 0 Å². The van der Waals surface area contributed by atoms with Crippen molar-refractivity contribution in [2.75, 3.05) is 0 Å². The number of hydrogen-bond donors (Lipinski definition) is 6. The van der Waals surface area contributed by atoms with Gasteiger partial charge in [0.05, 0.1) is 5.56 Å². The van der Waals surface area contributed by atoms with Crippen molar-refractivity contribution >= 4 is 11.2 Å². The Morgan fingerprint density at radius 3 is 2.05 bits per heavy atom. The standard InChI is InChI=1S/C13H10O7S/c14-6-2-1-4-3-5-7(15)9(17)10(18)11(19)13(5)21(20)12(4)8(6)16/h1-2,14-19H,3H2. The molecule has 0 amide bonds. The molecule has 0 radical (unpaired) electrons. The van der Waals surface area contributed by atoms with Crippen LogP contribution in [0.2, 0.25) is 0 Å². The lowest BCUT2D eigenvalue weighted by Crippen LogP contribution is -2.15. The van der Waals surface area contributed by atoms with Crippen LogP contribution in [0.25, 0.3) is 0 Å². The second-order valence-corrected chi connectivity index (χ2v) is 5.92. The molecule has 7 nitrogen and oxygen atoms in total. The lowest BCUT2D eigenvalue weighted by Gasteiger charge is -2.24. The minimum atomic E-state index is -2.14. The zero-order valence-corrected chi connectivity index (χ0v) is 11.2. The second-order valence-electron chi connectivity index (χ2n) is 4.57. The van der Waals surface area contributed by atoms with Gasteiger partial charge in [-0.15, -0.1) is 0 Å². The molecule has 1 heterocycles. The highest BCUT2D eigenvalue weighted by Crippen LogP contribution is 2.54. The van der Waals surface area contributed by atoms with Crippen LogP contribution in [0.1, 0.15) is 11.1 Å². The molecule has 1 atom stereocenters. The number of phenolic OH excluding ortho intramolecular Hbond substituents is 6. The summed E-state index contributed by atoms with van der Waals surface area (Å²) >= 11 is -2.14. The third kappa shape index (κ3) is 1.66. The third-order valence-electron chi connectivity index (χ3n) is 3.38. The maximum absolute atomic E-state index is 12.5. The number of phenols is 6. The first kappa shape index (κ1) is 13.5. The molecule has 0 saturated heterocycles. The average Bonchev–Trinajstić information content (AvgIpc) is 2.46. The molecule has 0 aliphatic carbocycles. The van der Waals surface area contributed by atoms with Crippen molar-refractivity contribution in [3.05, 3.63) is 23.3 Å². The molecule has 0 spiro atoms. The molecule has 2 aromatic carbocycles. The Bertz CT molecular complexity index is 772. The molecule has 3 rings (SSSR count). The van der Waals surface area contributed by atoms with E-state index in [1.165, 1.54) is 12.1 Å². The predicted molar refractivity (Wildman–Crippen MR) is 70.4 cm³/mol. The van der Waals surface area contributed by atoms with E-state index in [0.717, 1.165) is 0 Å². The van der Waals surface area contributed by atoms with Gasteiger partial charge in [-0.3, -0.25) is 0 Å². The quantitative estimate of drug-likeness (QED) is 0.242. The minimum Gasteiger partial charge on any atom is -0.606 e. The fourth-order valence-corrected chi connectivity index (χ4v) is 3.86. The number of hydrogen-bond acceptors (Lipinski definition) is 7. The van der Waals surface area contributed by atoms with Gasteiger partial charge in [-0.2, -0.15) is 0 Å². The van der Waals surface area contributed by atoms with E-state index in [4.69, 9.17) is 0 Å². The Balaban J connectivity index is 2.34. The van der Waals surface area contributed by atoms with E-state index < -0.39 is 45.7 Å². The molecule has 1 unspecified atom stereocenters. The number of fused-ring (bicyclic) bond motifs is 2. The van der Waals surface area contributed by atoms with Gasteiger partial charge in [0, 0.05) is 23.2 Å². The van der Waals surface area contributed by atoms with Crippen LogP contribution < -0.4 is 0 Å². The smallest absolute Gasteiger partial charge is 0.219 e. The van der Waals surface area contributed by atoms with Crippen LogP contribution in [-0.4, -0.2) is 35.2 Å². The summed E-state index contributed by atoms with van der Waals surface area (Å²) in [6.45, 7) is 0. The van der Waals surface area contributed by atoms with Gasteiger partial charge in [-0.1, -0.05) is 0 Å². The third-order valence-corrected chi connectivity index (χ3v) is 5.01. The van der Waals surface area contributed by atoms with Gasteiger partial charge in [-0.25, -0.2) is 0 Å². The van der Waals surface area contributed by atoms with E-state index in [0.29, 0.717) is 5.56 Å². The molecular weight excluding hydrogens is 300 g/mol. The Labute approximate surface area is 121 Å². The van der Waals surface area contributed by atoms with Crippen LogP contribution in [0.15, 0.2) is 21.9 Å². The first-order valence-corrected chi connectivity index (χ1v) is 6.93. The molecule has 110 valence electrons.